The highest BCUT2D eigenvalue weighted by atomic mass is 32.2. The number of carboxylic acid groups (broad SMARTS) is 1. The van der Waals surface area contributed by atoms with Gasteiger partial charge >= 0.3 is 5.97 Å². The number of benzene rings is 2. The van der Waals surface area contributed by atoms with E-state index in [0.717, 1.165) is 5.56 Å². The average Bonchev–Trinajstić information content (AvgIpc) is 2.73. The monoisotopic (exact) mass is 468 g/mol. The van der Waals surface area contributed by atoms with Gasteiger partial charge in [-0.25, -0.2) is 23.1 Å². The maximum absolute atomic E-state index is 12.6. The number of carbonyl (C=O) groups excluding carboxylic acids is 1. The van der Waals surface area contributed by atoms with Crippen molar-refractivity contribution >= 4 is 33.5 Å². The predicted molar refractivity (Wildman–Crippen MR) is 123 cm³/mol. The Balaban J connectivity index is 1.67. The van der Waals surface area contributed by atoms with Crippen LogP contribution >= 0.6 is 0 Å². The van der Waals surface area contributed by atoms with Gasteiger partial charge in [0.15, 0.2) is 0 Å². The van der Waals surface area contributed by atoms with Crippen LogP contribution in [0, 0.1) is 13.8 Å². The number of nitrogens with one attached hydrogen (secondary N) is 2. The number of anilines is 2. The van der Waals surface area contributed by atoms with E-state index in [4.69, 9.17) is 0 Å². The lowest BCUT2D eigenvalue weighted by Gasteiger charge is -2.15. The quantitative estimate of drug-likeness (QED) is 0.437. The molecule has 0 fully saturated rings. The van der Waals surface area contributed by atoms with Gasteiger partial charge in [0.2, 0.25) is 11.9 Å². The molecule has 0 bridgehead atoms. The van der Waals surface area contributed by atoms with Crippen molar-refractivity contribution in [1.82, 2.24) is 9.97 Å². The second-order valence-corrected chi connectivity index (χ2v) is 9.24. The molecule has 9 nitrogen and oxygen atoms in total. The summed E-state index contributed by atoms with van der Waals surface area (Å²) in [5, 5.41) is 11.9. The van der Waals surface area contributed by atoms with E-state index in [0.29, 0.717) is 17.1 Å². The van der Waals surface area contributed by atoms with Crippen molar-refractivity contribution in [1.29, 1.82) is 0 Å². The summed E-state index contributed by atoms with van der Waals surface area (Å²) in [6.07, 6.45) is -0.206. The van der Waals surface area contributed by atoms with E-state index in [9.17, 15) is 23.1 Å². The van der Waals surface area contributed by atoms with Gasteiger partial charge in [-0.3, -0.25) is 9.59 Å². The summed E-state index contributed by atoms with van der Waals surface area (Å²) in [6.45, 7) is 3.48. The second kappa shape index (κ2) is 10.2. The molecule has 10 heteroatoms. The molecule has 1 heterocycles. The zero-order valence-corrected chi connectivity index (χ0v) is 19.0. The van der Waals surface area contributed by atoms with Gasteiger partial charge in [0, 0.05) is 29.4 Å². The van der Waals surface area contributed by atoms with Crippen molar-refractivity contribution < 1.29 is 23.1 Å². The van der Waals surface area contributed by atoms with Gasteiger partial charge in [0.25, 0.3) is 10.0 Å². The van der Waals surface area contributed by atoms with Crippen LogP contribution in [0.3, 0.4) is 0 Å². The highest BCUT2D eigenvalue weighted by Gasteiger charge is 2.20. The molecular formula is C23H24N4O5S. The van der Waals surface area contributed by atoms with Crippen molar-refractivity contribution in [2.75, 3.05) is 10.0 Å². The van der Waals surface area contributed by atoms with Crippen molar-refractivity contribution in [3.05, 3.63) is 77.6 Å². The van der Waals surface area contributed by atoms with E-state index in [2.05, 4.69) is 20.0 Å². The lowest BCUT2D eigenvalue weighted by Crippen LogP contribution is -2.18. The number of aromatic nitrogens is 2. The highest BCUT2D eigenvalue weighted by Crippen LogP contribution is 2.24. The van der Waals surface area contributed by atoms with Crippen molar-refractivity contribution in [2.24, 2.45) is 0 Å². The maximum Gasteiger partial charge on any atom is 0.303 e. The molecule has 1 amide bonds. The number of carboxylic acids is 1. The minimum atomic E-state index is -3.91. The Morgan fingerprint density at radius 3 is 2.12 bits per heavy atom. The van der Waals surface area contributed by atoms with Crippen LogP contribution in [-0.4, -0.2) is 35.4 Å². The first-order valence-corrected chi connectivity index (χ1v) is 11.6. The molecule has 2 aromatic carbocycles. The lowest BCUT2D eigenvalue weighted by molar-refractivity contribution is -0.137. The van der Waals surface area contributed by atoms with E-state index in [1.54, 1.807) is 44.2 Å². The molecular weight excluding hydrogens is 444 g/mol. The van der Waals surface area contributed by atoms with E-state index < -0.39 is 21.9 Å². The number of nitrogens with zero attached hydrogens (tertiary/aromatic N) is 2. The Hall–Kier alpha value is -3.79. The minimum absolute atomic E-state index is 0.0173. The SMILES string of the molecule is Cc1cc(C)nc(NS(=O)(=O)c2ccc(NC(=O)CC(CC(=O)O)c3ccccc3)cc2)n1. The van der Waals surface area contributed by atoms with E-state index in [-0.39, 0.29) is 29.6 Å². The third-order valence-electron chi connectivity index (χ3n) is 4.78. The van der Waals surface area contributed by atoms with Crippen LogP contribution in [0.4, 0.5) is 11.6 Å². The predicted octanol–water partition coefficient (Wildman–Crippen LogP) is 3.48. The number of carbonyl (C=O) groups is 2. The molecule has 3 N–H and O–H groups in total. The summed E-state index contributed by atoms with van der Waals surface area (Å²) in [5.41, 5.74) is 2.42. The normalized spacial score (nSPS) is 12.1. The molecule has 3 rings (SSSR count). The van der Waals surface area contributed by atoms with Crippen LogP contribution < -0.4 is 10.0 Å². The lowest BCUT2D eigenvalue weighted by atomic mass is 9.92. The van der Waals surface area contributed by atoms with Crippen molar-refractivity contribution in [2.45, 2.75) is 37.5 Å². The first-order chi connectivity index (χ1) is 15.6. The van der Waals surface area contributed by atoms with Crippen LogP contribution in [0.1, 0.15) is 35.7 Å². The van der Waals surface area contributed by atoms with Crippen molar-refractivity contribution in [3.63, 3.8) is 0 Å². The molecule has 0 radical (unpaired) electrons. The van der Waals surface area contributed by atoms with E-state index in [1.165, 1.54) is 24.3 Å². The van der Waals surface area contributed by atoms with Crippen LogP contribution in [0.15, 0.2) is 65.6 Å². The number of amides is 1. The Morgan fingerprint density at radius 1 is 0.939 bits per heavy atom. The van der Waals surface area contributed by atoms with Gasteiger partial charge in [0.1, 0.15) is 0 Å². The van der Waals surface area contributed by atoms with E-state index in [1.807, 2.05) is 6.07 Å². The zero-order valence-electron chi connectivity index (χ0n) is 18.1. The van der Waals surface area contributed by atoms with Crippen LogP contribution in [0.5, 0.6) is 0 Å². The summed E-state index contributed by atoms with van der Waals surface area (Å²) in [6, 6.07) is 16.3. The largest absolute Gasteiger partial charge is 0.481 e. The van der Waals surface area contributed by atoms with Gasteiger partial charge in [0.05, 0.1) is 11.3 Å². The third kappa shape index (κ3) is 6.84. The molecule has 0 aliphatic rings. The molecule has 0 saturated heterocycles. The molecule has 0 aliphatic carbocycles. The van der Waals surface area contributed by atoms with Crippen LogP contribution in [0.25, 0.3) is 0 Å². The Bertz CT molecular complexity index is 1230. The number of aryl methyl sites for hydroxylation is 2. The fourth-order valence-corrected chi connectivity index (χ4v) is 4.29. The van der Waals surface area contributed by atoms with Gasteiger partial charge in [-0.1, -0.05) is 30.3 Å². The van der Waals surface area contributed by atoms with E-state index >= 15 is 0 Å². The first-order valence-electron chi connectivity index (χ1n) is 10.1. The molecule has 1 unspecified atom stereocenters. The average molecular weight is 469 g/mol. The third-order valence-corrected chi connectivity index (χ3v) is 6.12. The summed E-state index contributed by atoms with van der Waals surface area (Å²) in [7, 11) is -3.91. The summed E-state index contributed by atoms with van der Waals surface area (Å²) < 4.78 is 27.6. The highest BCUT2D eigenvalue weighted by molar-refractivity contribution is 7.92. The maximum atomic E-state index is 12.6. The number of sulfonamides is 1. The Labute approximate surface area is 192 Å². The molecule has 0 aliphatic heterocycles. The Kier molecular flexibility index (Phi) is 7.39. The molecule has 1 atom stereocenters. The summed E-state index contributed by atoms with van der Waals surface area (Å²) in [4.78, 5) is 31.9. The van der Waals surface area contributed by atoms with Gasteiger partial charge in [-0.15, -0.1) is 0 Å². The molecule has 172 valence electrons. The van der Waals surface area contributed by atoms with Crippen LogP contribution in [-0.2, 0) is 19.6 Å². The molecule has 0 saturated carbocycles. The van der Waals surface area contributed by atoms with Gasteiger partial charge < -0.3 is 10.4 Å². The second-order valence-electron chi connectivity index (χ2n) is 7.56. The standard InChI is InChI=1S/C23H24N4O5S/c1-15-12-16(2)25-23(24-15)27-33(31,32)20-10-8-19(9-11-20)26-21(28)13-18(14-22(29)30)17-6-4-3-5-7-17/h3-12,18H,13-14H2,1-2H3,(H,26,28)(H,29,30)(H,24,25,27). The smallest absolute Gasteiger partial charge is 0.303 e. The number of hydrogen-bond donors (Lipinski definition) is 3. The fourth-order valence-electron chi connectivity index (χ4n) is 3.35. The van der Waals surface area contributed by atoms with Crippen LogP contribution in [0.2, 0.25) is 0 Å². The number of aliphatic carboxylic acids is 1. The number of hydrogen-bond acceptors (Lipinski definition) is 6. The number of rotatable bonds is 9. The van der Waals surface area contributed by atoms with Crippen molar-refractivity contribution in [3.8, 4) is 0 Å². The van der Waals surface area contributed by atoms with Gasteiger partial charge in [-0.2, -0.15) is 0 Å². The summed E-state index contributed by atoms with van der Waals surface area (Å²) >= 11 is 0. The topological polar surface area (TPSA) is 138 Å². The van der Waals surface area contributed by atoms with Gasteiger partial charge in [-0.05, 0) is 49.7 Å². The first kappa shape index (κ1) is 23.9. The Morgan fingerprint density at radius 2 is 1.55 bits per heavy atom. The molecule has 1 aromatic heterocycles. The zero-order chi connectivity index (χ0) is 24.0. The fraction of sp³-hybridized carbons (Fsp3) is 0.217. The molecule has 33 heavy (non-hydrogen) atoms. The minimum Gasteiger partial charge on any atom is -0.481 e. The molecule has 0 spiro atoms. The summed E-state index contributed by atoms with van der Waals surface area (Å²) in [5.74, 6) is -1.87. The molecule has 3 aromatic rings.